The first-order valence-electron chi connectivity index (χ1n) is 49.5. The molecule has 1 amide bonds. The summed E-state index contributed by atoms with van der Waals surface area (Å²) in [6, 6.07) is 70.5. The number of halogens is 1. The fraction of sp³-hybridized carbons (Fsp3) is 0.207. The molecule has 8 aromatic carbocycles. The van der Waals surface area contributed by atoms with Crippen LogP contribution in [0.1, 0.15) is 84.8 Å². The molecule has 15 aromatic heterocycles. The number of phenolic OH excluding ortho intramolecular Hbond substituents is 1. The normalized spacial score (nSPS) is 13.5. The molecule has 13 N–H and O–H groups in total. The number of hydrogen-bond acceptors (Lipinski definition) is 31. The van der Waals surface area contributed by atoms with Crippen LogP contribution in [-0.2, 0) is 50.2 Å². The predicted octanol–water partition coefficient (Wildman–Crippen LogP) is 17.6. The van der Waals surface area contributed by atoms with Crippen LogP contribution in [0.15, 0.2) is 255 Å². The third kappa shape index (κ3) is 20.2. The summed E-state index contributed by atoms with van der Waals surface area (Å²) in [7, 11) is 0. The van der Waals surface area contributed by atoms with Crippen molar-refractivity contribution in [2.24, 2.45) is 0 Å². The van der Waals surface area contributed by atoms with Gasteiger partial charge >= 0.3 is 0 Å². The number of nitrogens with zero attached hydrogens (tertiary/aromatic N) is 25. The van der Waals surface area contributed by atoms with E-state index in [1.807, 2.05) is 135 Å². The van der Waals surface area contributed by atoms with Crippen LogP contribution in [0.2, 0.25) is 0 Å². The minimum atomic E-state index is -0.564. The number of fused-ring (bicyclic) bond motifs is 10. The molecular formula is C111H101FN32O3S2. The minimum absolute atomic E-state index is 0.151. The molecule has 0 spiro atoms. The van der Waals surface area contributed by atoms with Crippen LogP contribution in [-0.4, -0.2) is 198 Å². The molecule has 0 radical (unpaired) electrons. The molecule has 3 saturated heterocycles. The van der Waals surface area contributed by atoms with Crippen LogP contribution in [0, 0.1) is 5.82 Å². The number of nitrogens with one attached hydrogen (secondary N) is 2. The Balaban J connectivity index is 0.000000109. The van der Waals surface area contributed by atoms with Crippen LogP contribution in [0.3, 0.4) is 0 Å². The van der Waals surface area contributed by atoms with Gasteiger partial charge in [0.15, 0.2) is 32.9 Å². The zero-order valence-corrected chi connectivity index (χ0v) is 82.9. The molecule has 23 aromatic rings. The number of rotatable bonds is 23. The highest BCUT2D eigenvalue weighted by atomic mass is 32.1. The van der Waals surface area contributed by atoms with E-state index in [1.165, 1.54) is 125 Å². The number of aromatic amines is 1. The molecule has 38 heteroatoms. The number of carbonyl (C=O) groups is 1. The number of nitrogens with two attached hydrogens (primary N) is 5. The third-order valence-electron chi connectivity index (χ3n) is 27.5. The predicted molar refractivity (Wildman–Crippen MR) is 585 cm³/mol. The monoisotopic (exact) mass is 2010 g/mol. The second kappa shape index (κ2) is 41.5. The maximum absolute atomic E-state index is 14.1. The Bertz CT molecular complexity index is 9060. The van der Waals surface area contributed by atoms with Crippen LogP contribution in [0.25, 0.3) is 164 Å². The number of phenols is 1. The molecule has 35 nitrogen and oxygen atoms in total. The topological polar surface area (TPSA) is 474 Å². The standard InChI is InChI=1S/C30H29N9OS.C28H27N9S.C27H26FN7O.C26H19N7O/c1-18(40)34-30-36-24-9-8-20(15-25(24)41-30)27-26-28(31)32-17-33-29(26)39(37-27)16-21-14-19-6-2-3-7-22(19)35-23(21)10-13-38-11-4-5-12-38;29-26-24-25(18-7-8-22-23(14-18)38-28(30)34-22)35-37(27(24)32-16-31-26)15-19-13-17-5-1-2-6-20(17)33-21(19)9-12-36-10-3-4-11-36;28-20-12-18(13-21(36)14-20)25-24-26(29)30-16-31-27(24)35(33-25)15-19-11-17-5-1-2-6-22(17)32-23(19)7-10-34-8-3-4-9-34;27-25-22-24(18-10-11-21(34)28-13-18)32-33(26(22)30-15-29-25)14-19-12-17-8-4-5-9-20(17)31-23(19)16-6-2-1-3-7-16/h2-3,6-9,14-15,17H,4-5,10-13,16H2,1H3,(H2,31,32,33)(H,34,36,40);1-2,5-8,13-14,16H,3-4,9-12,15H2,(H2,30,34)(H2,29,31,32);1-2,5-6,11-14,16,36H,3-4,7-10,15H2,(H2,29,30,31);1-13,15H,14H2,(H,28,34)(H2,27,29,30). The summed E-state index contributed by atoms with van der Waals surface area (Å²) in [6.45, 7) is 13.2. The molecule has 0 unspecified atom stereocenters. The first-order chi connectivity index (χ1) is 72.8. The number of anilines is 6. The highest BCUT2D eigenvalue weighted by Crippen LogP contribution is 2.41. The first kappa shape index (κ1) is 95.0. The van der Waals surface area contributed by atoms with E-state index >= 15 is 0 Å². The smallest absolute Gasteiger partial charge is 0.247 e. The number of aromatic hydroxyl groups is 1. The lowest BCUT2D eigenvalue weighted by Crippen LogP contribution is -2.23. The second-order valence-corrected chi connectivity index (χ2v) is 39.5. The third-order valence-corrected chi connectivity index (χ3v) is 29.3. The van der Waals surface area contributed by atoms with Crippen LogP contribution in [0.4, 0.5) is 37.9 Å². The van der Waals surface area contributed by atoms with Gasteiger partial charge < -0.3 is 58.8 Å². The lowest BCUT2D eigenvalue weighted by atomic mass is 10.0. The van der Waals surface area contributed by atoms with Gasteiger partial charge in [-0.1, -0.05) is 138 Å². The van der Waals surface area contributed by atoms with Gasteiger partial charge in [0.25, 0.3) is 0 Å². The van der Waals surface area contributed by atoms with Crippen LogP contribution in [0.5, 0.6) is 5.75 Å². The minimum Gasteiger partial charge on any atom is -0.508 e. The molecule has 0 saturated carbocycles. The zero-order chi connectivity index (χ0) is 101. The zero-order valence-electron chi connectivity index (χ0n) is 81.3. The van der Waals surface area contributed by atoms with E-state index in [0.29, 0.717) is 115 Å². The summed E-state index contributed by atoms with van der Waals surface area (Å²) in [4.78, 5) is 97.4. The molecule has 149 heavy (non-hydrogen) atoms. The quantitative estimate of drug-likeness (QED) is 0.0295. The largest absolute Gasteiger partial charge is 0.508 e. The van der Waals surface area contributed by atoms with Gasteiger partial charge in [0.05, 0.1) is 95.9 Å². The van der Waals surface area contributed by atoms with Gasteiger partial charge in [0, 0.05) is 136 Å². The molecule has 18 heterocycles. The number of H-pyrrole nitrogens is 1. The highest BCUT2D eigenvalue weighted by molar-refractivity contribution is 7.22. The summed E-state index contributed by atoms with van der Waals surface area (Å²) >= 11 is 2.88. The van der Waals surface area contributed by atoms with Gasteiger partial charge in [-0.25, -0.2) is 77.9 Å². The van der Waals surface area contributed by atoms with Gasteiger partial charge in [-0.05, 0) is 185 Å². The van der Waals surface area contributed by atoms with Gasteiger partial charge in [0.1, 0.15) is 82.9 Å². The van der Waals surface area contributed by atoms with Crippen molar-refractivity contribution >= 4 is 170 Å². The van der Waals surface area contributed by atoms with E-state index in [1.54, 1.807) is 16.9 Å². The van der Waals surface area contributed by atoms with Crippen LogP contribution >= 0.6 is 22.7 Å². The lowest BCUT2D eigenvalue weighted by molar-refractivity contribution is -0.114. The molecule has 3 aliphatic rings. The van der Waals surface area contributed by atoms with E-state index in [2.05, 4.69) is 142 Å². The number of aromatic nitrogens is 23. The van der Waals surface area contributed by atoms with E-state index in [4.69, 9.17) is 69.0 Å². The second-order valence-electron chi connectivity index (χ2n) is 37.4. The lowest BCUT2D eigenvalue weighted by Gasteiger charge is -2.16. The Hall–Kier alpha value is -17.6. The van der Waals surface area contributed by atoms with Crippen molar-refractivity contribution in [1.82, 2.24) is 129 Å². The van der Waals surface area contributed by atoms with Gasteiger partial charge in [0.2, 0.25) is 11.5 Å². The molecule has 26 rings (SSSR count). The Kier molecular flexibility index (Phi) is 26.4. The van der Waals surface area contributed by atoms with Crippen LogP contribution < -0.4 is 39.5 Å². The van der Waals surface area contributed by atoms with E-state index < -0.39 is 5.82 Å². The Morgan fingerprint density at radius 2 is 0.738 bits per heavy atom. The molecule has 0 aliphatic carbocycles. The van der Waals surface area contributed by atoms with E-state index in [0.717, 1.165) is 214 Å². The number of nitrogen functional groups attached to an aromatic ring is 5. The Morgan fingerprint density at radius 3 is 1.15 bits per heavy atom. The maximum Gasteiger partial charge on any atom is 0.247 e. The van der Waals surface area contributed by atoms with Crippen molar-refractivity contribution in [3.05, 3.63) is 305 Å². The summed E-state index contributed by atoms with van der Waals surface area (Å²) in [5.74, 6) is 0.462. The summed E-state index contributed by atoms with van der Waals surface area (Å²) in [5, 5.41) is 40.5. The number of likely N-dealkylation sites (tertiary alicyclic amines) is 3. The molecule has 0 atom stereocenters. The average molecular weight is 2010 g/mol. The Labute approximate surface area is 859 Å². The van der Waals surface area contributed by atoms with Crippen molar-refractivity contribution in [3.63, 3.8) is 0 Å². The maximum atomic E-state index is 14.1. The number of para-hydroxylation sites is 4. The number of benzene rings is 8. The van der Waals surface area contributed by atoms with E-state index in [-0.39, 0.29) is 23.0 Å². The fourth-order valence-corrected chi connectivity index (χ4v) is 22.0. The summed E-state index contributed by atoms with van der Waals surface area (Å²) in [6.07, 6.45) is 17.6. The van der Waals surface area contributed by atoms with E-state index in [9.17, 15) is 19.1 Å². The Morgan fingerprint density at radius 1 is 0.369 bits per heavy atom. The molecule has 3 fully saturated rings. The summed E-state index contributed by atoms with van der Waals surface area (Å²) in [5.41, 5.74) is 54.0. The van der Waals surface area contributed by atoms with Gasteiger partial charge in [-0.3, -0.25) is 24.5 Å². The van der Waals surface area contributed by atoms with Crippen molar-refractivity contribution < 1.29 is 14.3 Å². The SMILES string of the molecule is CC(=O)Nc1nc2ccc(-c3nn(Cc4cc5ccccc5nc4CCN4CCCC4)c4ncnc(N)c34)cc2s1.Nc1nc2ccc(-c3nn(Cc4cc5ccccc5nc4CCN4CCCC4)c4ncnc(N)c34)cc2s1.Nc1ncnc2c1c(-c1cc(O)cc(F)c1)nn2Cc1cc2ccccc2nc1CCN1CCCC1.Nc1ncnc2c1c(-c1ccc(=O)[nH]c1)nn2Cc1cc2ccccc2nc1-c1ccccc1. The summed E-state index contributed by atoms with van der Waals surface area (Å²) < 4.78 is 23.5. The number of hydrogen-bond donors (Lipinski definition) is 8. The number of carbonyl (C=O) groups excluding carboxylic acids is 1. The molecular weight excluding hydrogens is 1910 g/mol. The number of amides is 1. The van der Waals surface area contributed by atoms with Crippen molar-refractivity contribution in [3.8, 4) is 62.0 Å². The van der Waals surface area contributed by atoms with Gasteiger partial charge in [-0.15, -0.1) is 0 Å². The fourth-order valence-electron chi connectivity index (χ4n) is 20.2. The van der Waals surface area contributed by atoms with Crippen molar-refractivity contribution in [2.45, 2.75) is 90.9 Å². The highest BCUT2D eigenvalue weighted by Gasteiger charge is 2.28. The average Bonchev–Trinajstić information content (AvgIpc) is 1.63. The molecule has 0 bridgehead atoms. The number of thiazole rings is 2. The molecule has 3 aliphatic heterocycles. The van der Waals surface area contributed by atoms with Gasteiger partial charge in [-0.2, -0.15) is 20.4 Å². The van der Waals surface area contributed by atoms with Crippen molar-refractivity contribution in [1.29, 1.82) is 0 Å². The number of pyridine rings is 5. The van der Waals surface area contributed by atoms with Crippen molar-refractivity contribution in [2.75, 3.05) is 92.9 Å². The molecule has 742 valence electrons. The first-order valence-corrected chi connectivity index (χ1v) is 51.2.